The molecule has 0 aliphatic carbocycles. The van der Waals surface area contributed by atoms with Gasteiger partial charge in [0.05, 0.1) is 6.10 Å². The second kappa shape index (κ2) is 6.23. The minimum atomic E-state index is -0.735. The molecule has 15 heavy (non-hydrogen) atoms. The lowest BCUT2D eigenvalue weighted by Crippen LogP contribution is -2.52. The van der Waals surface area contributed by atoms with Gasteiger partial charge in [-0.25, -0.2) is 4.79 Å². The van der Waals surface area contributed by atoms with Gasteiger partial charge in [-0.1, -0.05) is 13.8 Å². The fourth-order valence-electron chi connectivity index (χ4n) is 1.05. The van der Waals surface area contributed by atoms with Crippen LogP contribution in [0.15, 0.2) is 0 Å². The summed E-state index contributed by atoms with van der Waals surface area (Å²) >= 11 is 0. The lowest BCUT2D eigenvalue weighted by atomic mass is 10.0. The van der Waals surface area contributed by atoms with Gasteiger partial charge in [-0.15, -0.1) is 0 Å². The molecule has 1 unspecified atom stereocenters. The maximum absolute atomic E-state index is 11.5. The van der Waals surface area contributed by atoms with Crippen molar-refractivity contribution in [2.75, 3.05) is 6.54 Å². The van der Waals surface area contributed by atoms with E-state index in [9.17, 15) is 9.59 Å². The first kappa shape index (κ1) is 13.7. The van der Waals surface area contributed by atoms with Crippen molar-refractivity contribution in [2.45, 2.75) is 32.9 Å². The molecule has 0 spiro atoms. The normalized spacial score (nSPS) is 14.5. The monoisotopic (exact) mass is 217 g/mol. The molecule has 0 aromatic heterocycles. The summed E-state index contributed by atoms with van der Waals surface area (Å²) in [6.07, 6.45) is -0.615. The largest absolute Gasteiger partial charge is 0.392 e. The summed E-state index contributed by atoms with van der Waals surface area (Å²) in [6, 6.07) is -1.40. The van der Waals surface area contributed by atoms with E-state index in [1.54, 1.807) is 20.8 Å². The van der Waals surface area contributed by atoms with Crippen molar-refractivity contribution >= 4 is 11.9 Å². The highest BCUT2D eigenvalue weighted by molar-refractivity contribution is 5.86. The standard InChI is InChI=1S/C9H19N3O3/c1-5(2)7(12-9(10)15)8(14)11-4-6(3)13/h5-7,13H,4H2,1-3H3,(H,11,14)(H3,10,12,15)/t6-,7?/m1/s1. The lowest BCUT2D eigenvalue weighted by Gasteiger charge is -2.20. The zero-order valence-electron chi connectivity index (χ0n) is 9.28. The number of nitrogens with one attached hydrogen (secondary N) is 2. The molecule has 6 nitrogen and oxygen atoms in total. The molecule has 0 heterocycles. The van der Waals surface area contributed by atoms with Crippen LogP contribution in [0.2, 0.25) is 0 Å². The van der Waals surface area contributed by atoms with Crippen LogP contribution in [-0.2, 0) is 4.79 Å². The summed E-state index contributed by atoms with van der Waals surface area (Å²) in [5.41, 5.74) is 4.95. The average Bonchev–Trinajstić information content (AvgIpc) is 2.09. The van der Waals surface area contributed by atoms with Gasteiger partial charge in [-0.05, 0) is 12.8 Å². The van der Waals surface area contributed by atoms with E-state index < -0.39 is 18.2 Å². The van der Waals surface area contributed by atoms with Crippen molar-refractivity contribution in [3.8, 4) is 0 Å². The van der Waals surface area contributed by atoms with E-state index >= 15 is 0 Å². The topological polar surface area (TPSA) is 104 Å². The van der Waals surface area contributed by atoms with E-state index in [2.05, 4.69) is 10.6 Å². The molecule has 6 heteroatoms. The van der Waals surface area contributed by atoms with Crippen molar-refractivity contribution < 1.29 is 14.7 Å². The Morgan fingerprint density at radius 3 is 2.20 bits per heavy atom. The number of hydrogen-bond donors (Lipinski definition) is 4. The molecule has 0 radical (unpaired) electrons. The summed E-state index contributed by atoms with van der Waals surface area (Å²) < 4.78 is 0. The number of nitrogens with two attached hydrogens (primary N) is 1. The zero-order chi connectivity index (χ0) is 12.0. The number of amides is 3. The first-order valence-electron chi connectivity index (χ1n) is 4.86. The van der Waals surface area contributed by atoms with Gasteiger partial charge in [0.1, 0.15) is 6.04 Å². The second-order valence-electron chi connectivity index (χ2n) is 3.82. The highest BCUT2D eigenvalue weighted by Crippen LogP contribution is 2.01. The molecule has 0 aromatic carbocycles. The SMILES string of the molecule is CC(C)C(NC(N)=O)C(=O)NC[C@@H](C)O. The maximum atomic E-state index is 11.5. The summed E-state index contributed by atoms with van der Waals surface area (Å²) in [6.45, 7) is 5.31. The van der Waals surface area contributed by atoms with Gasteiger partial charge in [-0.3, -0.25) is 4.79 Å². The van der Waals surface area contributed by atoms with Crippen LogP contribution in [-0.4, -0.2) is 35.7 Å². The lowest BCUT2D eigenvalue weighted by molar-refractivity contribution is -0.124. The Kier molecular flexibility index (Phi) is 5.69. The summed E-state index contributed by atoms with van der Waals surface area (Å²) in [5, 5.41) is 13.8. The maximum Gasteiger partial charge on any atom is 0.312 e. The third-order valence-electron chi connectivity index (χ3n) is 1.82. The number of aliphatic hydroxyl groups excluding tert-OH is 1. The van der Waals surface area contributed by atoms with Crippen LogP contribution in [0.3, 0.4) is 0 Å². The van der Waals surface area contributed by atoms with E-state index in [-0.39, 0.29) is 18.4 Å². The van der Waals surface area contributed by atoms with E-state index in [1.807, 2.05) is 0 Å². The molecule has 0 aromatic rings. The molecule has 5 N–H and O–H groups in total. The van der Waals surface area contributed by atoms with Crippen molar-refractivity contribution in [3.63, 3.8) is 0 Å². The second-order valence-corrected chi connectivity index (χ2v) is 3.82. The Balaban J connectivity index is 4.23. The number of carbonyl (C=O) groups excluding carboxylic acids is 2. The van der Waals surface area contributed by atoms with Crippen LogP contribution in [0.25, 0.3) is 0 Å². The summed E-state index contributed by atoms with van der Waals surface area (Å²) in [7, 11) is 0. The highest BCUT2D eigenvalue weighted by Gasteiger charge is 2.22. The molecule has 0 saturated carbocycles. The summed E-state index contributed by atoms with van der Waals surface area (Å²) in [4.78, 5) is 22.2. The average molecular weight is 217 g/mol. The van der Waals surface area contributed by atoms with Gasteiger partial charge < -0.3 is 21.5 Å². The van der Waals surface area contributed by atoms with Crippen molar-refractivity contribution in [3.05, 3.63) is 0 Å². The van der Waals surface area contributed by atoms with Crippen LogP contribution in [0.1, 0.15) is 20.8 Å². The van der Waals surface area contributed by atoms with Crippen LogP contribution >= 0.6 is 0 Å². The van der Waals surface area contributed by atoms with E-state index in [0.29, 0.717) is 0 Å². The van der Waals surface area contributed by atoms with Gasteiger partial charge in [0, 0.05) is 6.54 Å². The minimum absolute atomic E-state index is 0.0634. The van der Waals surface area contributed by atoms with E-state index in [1.165, 1.54) is 0 Å². The van der Waals surface area contributed by atoms with Crippen LogP contribution in [0.4, 0.5) is 4.79 Å². The smallest absolute Gasteiger partial charge is 0.312 e. The van der Waals surface area contributed by atoms with Crippen molar-refractivity contribution in [1.29, 1.82) is 0 Å². The van der Waals surface area contributed by atoms with Gasteiger partial charge in [0.2, 0.25) is 5.91 Å². The molecule has 0 rings (SSSR count). The molecule has 0 aliphatic heterocycles. The Hall–Kier alpha value is -1.30. The molecule has 0 saturated heterocycles. The molecule has 3 amide bonds. The number of carbonyl (C=O) groups is 2. The van der Waals surface area contributed by atoms with E-state index in [4.69, 9.17) is 10.8 Å². The molecular weight excluding hydrogens is 198 g/mol. The Labute approximate surface area is 89.2 Å². The number of hydrogen-bond acceptors (Lipinski definition) is 3. The predicted octanol–water partition coefficient (Wildman–Crippen LogP) is -0.824. The minimum Gasteiger partial charge on any atom is -0.392 e. The Morgan fingerprint density at radius 1 is 1.33 bits per heavy atom. The Bertz CT molecular complexity index is 229. The van der Waals surface area contributed by atoms with Gasteiger partial charge in [0.15, 0.2) is 0 Å². The molecule has 0 fully saturated rings. The fraction of sp³-hybridized carbons (Fsp3) is 0.778. The quantitative estimate of drug-likeness (QED) is 0.483. The summed E-state index contributed by atoms with van der Waals surface area (Å²) in [5.74, 6) is -0.406. The fourth-order valence-corrected chi connectivity index (χ4v) is 1.05. The first-order chi connectivity index (χ1) is 6.84. The van der Waals surface area contributed by atoms with Gasteiger partial charge in [-0.2, -0.15) is 0 Å². The zero-order valence-corrected chi connectivity index (χ0v) is 9.28. The molecule has 0 aliphatic rings. The third-order valence-corrected chi connectivity index (χ3v) is 1.82. The predicted molar refractivity (Wildman–Crippen MR) is 56.0 cm³/mol. The number of aliphatic hydroxyl groups is 1. The van der Waals surface area contributed by atoms with Crippen LogP contribution < -0.4 is 16.4 Å². The highest BCUT2D eigenvalue weighted by atomic mass is 16.3. The van der Waals surface area contributed by atoms with Gasteiger partial charge >= 0.3 is 6.03 Å². The molecular formula is C9H19N3O3. The van der Waals surface area contributed by atoms with Crippen LogP contribution in [0.5, 0.6) is 0 Å². The van der Waals surface area contributed by atoms with Gasteiger partial charge in [0.25, 0.3) is 0 Å². The number of primary amides is 1. The van der Waals surface area contributed by atoms with Crippen molar-refractivity contribution in [1.82, 2.24) is 10.6 Å². The molecule has 0 bridgehead atoms. The molecule has 88 valence electrons. The number of urea groups is 1. The number of rotatable bonds is 5. The Morgan fingerprint density at radius 2 is 1.87 bits per heavy atom. The van der Waals surface area contributed by atoms with Crippen LogP contribution in [0, 0.1) is 5.92 Å². The third kappa shape index (κ3) is 5.90. The first-order valence-corrected chi connectivity index (χ1v) is 4.86. The van der Waals surface area contributed by atoms with E-state index in [0.717, 1.165) is 0 Å². The molecule has 2 atom stereocenters. The van der Waals surface area contributed by atoms with Crippen molar-refractivity contribution in [2.24, 2.45) is 11.7 Å².